The van der Waals surface area contributed by atoms with Crippen molar-refractivity contribution in [2.24, 2.45) is 0 Å². The van der Waals surface area contributed by atoms with Gasteiger partial charge in [0.15, 0.2) is 5.11 Å². The summed E-state index contributed by atoms with van der Waals surface area (Å²) >= 11 is 5.47. The number of thiocarbonyl (C=S) groups is 1. The van der Waals surface area contributed by atoms with Gasteiger partial charge in [-0.15, -0.1) is 0 Å². The van der Waals surface area contributed by atoms with E-state index in [1.807, 2.05) is 6.07 Å². The average Bonchev–Trinajstić information content (AvgIpc) is 2.87. The van der Waals surface area contributed by atoms with Crippen molar-refractivity contribution in [2.75, 3.05) is 24.5 Å². The predicted octanol–water partition coefficient (Wildman–Crippen LogP) is 6.08. The topological polar surface area (TPSA) is 27.3 Å². The van der Waals surface area contributed by atoms with Crippen molar-refractivity contribution in [1.29, 1.82) is 0 Å². The van der Waals surface area contributed by atoms with E-state index in [1.54, 1.807) is 6.07 Å². The van der Waals surface area contributed by atoms with Crippen LogP contribution in [0.2, 0.25) is 0 Å². The zero-order valence-corrected chi connectivity index (χ0v) is 20.5. The van der Waals surface area contributed by atoms with E-state index >= 15 is 0 Å². The van der Waals surface area contributed by atoms with Gasteiger partial charge in [-0.3, -0.25) is 0 Å². The van der Waals surface area contributed by atoms with E-state index in [2.05, 4.69) is 71.0 Å². The number of hydrogen-bond acceptors (Lipinski definition) is 2. The van der Waals surface area contributed by atoms with Gasteiger partial charge in [-0.2, -0.15) is 0 Å². The van der Waals surface area contributed by atoms with Gasteiger partial charge in [0.1, 0.15) is 5.82 Å². The fourth-order valence-electron chi connectivity index (χ4n) is 5.54. The second-order valence-electron chi connectivity index (χ2n) is 9.37. The minimum atomic E-state index is -0.166. The molecule has 2 aliphatic rings. The summed E-state index contributed by atoms with van der Waals surface area (Å²) in [6.07, 6.45) is 3.14. The highest BCUT2D eigenvalue weighted by atomic mass is 32.1. The highest BCUT2D eigenvalue weighted by Crippen LogP contribution is 2.48. The van der Waals surface area contributed by atoms with Crippen LogP contribution < -0.4 is 15.5 Å². The number of halogens is 1. The standard InChI is InChI=1S/C29H32FN3S/c1-2-13-31-29(34)32-19-20-16-26-24(21-7-4-3-5-8-21)11-14-33-15-12-25(27(17-20)28(26)33)22-9-6-10-23(30)18-22/h3-10,16-18,24-25H,2,11-15,19H2,1H3,(H2,31,32,34). The SMILES string of the molecule is CCCNC(=S)NCc1cc2c3c(c1)C(c1cccc(F)c1)CCN3CCC2c1ccccc1. The molecular weight excluding hydrogens is 441 g/mol. The van der Waals surface area contributed by atoms with E-state index in [4.69, 9.17) is 12.2 Å². The number of nitrogens with one attached hydrogen (secondary N) is 2. The zero-order valence-electron chi connectivity index (χ0n) is 19.7. The van der Waals surface area contributed by atoms with Gasteiger partial charge in [0.05, 0.1) is 0 Å². The van der Waals surface area contributed by atoms with Gasteiger partial charge in [0, 0.05) is 43.7 Å². The smallest absolute Gasteiger partial charge is 0.166 e. The molecule has 0 amide bonds. The molecule has 3 aromatic carbocycles. The highest BCUT2D eigenvalue weighted by molar-refractivity contribution is 7.80. The van der Waals surface area contributed by atoms with Crippen LogP contribution in [-0.4, -0.2) is 24.7 Å². The van der Waals surface area contributed by atoms with Gasteiger partial charge in [-0.05, 0) is 71.4 Å². The Hall–Kier alpha value is -2.92. The van der Waals surface area contributed by atoms with Crippen molar-refractivity contribution >= 4 is 23.0 Å². The normalized spacial score (nSPS) is 18.8. The van der Waals surface area contributed by atoms with Gasteiger partial charge >= 0.3 is 0 Å². The van der Waals surface area contributed by atoms with Crippen LogP contribution in [-0.2, 0) is 6.54 Å². The summed E-state index contributed by atoms with van der Waals surface area (Å²) < 4.78 is 14.2. The van der Waals surface area contributed by atoms with E-state index in [0.29, 0.717) is 17.6 Å². The third kappa shape index (κ3) is 4.67. The lowest BCUT2D eigenvalue weighted by Crippen LogP contribution is -2.38. The Morgan fingerprint density at radius 2 is 1.59 bits per heavy atom. The summed E-state index contributed by atoms with van der Waals surface area (Å²) in [5.41, 5.74) is 7.72. The summed E-state index contributed by atoms with van der Waals surface area (Å²) in [5, 5.41) is 7.33. The maximum atomic E-state index is 14.2. The van der Waals surface area contributed by atoms with E-state index in [1.165, 1.54) is 34.0 Å². The van der Waals surface area contributed by atoms with E-state index in [-0.39, 0.29) is 11.7 Å². The van der Waals surface area contributed by atoms with Crippen molar-refractivity contribution in [2.45, 2.75) is 44.6 Å². The van der Waals surface area contributed by atoms with Crippen LogP contribution in [0, 0.1) is 5.82 Å². The van der Waals surface area contributed by atoms with Crippen LogP contribution in [0.3, 0.4) is 0 Å². The van der Waals surface area contributed by atoms with Crippen LogP contribution in [0.25, 0.3) is 0 Å². The molecule has 2 heterocycles. The number of rotatable bonds is 6. The van der Waals surface area contributed by atoms with Crippen molar-refractivity contribution in [3.63, 3.8) is 0 Å². The molecule has 0 radical (unpaired) electrons. The van der Waals surface area contributed by atoms with Crippen LogP contribution in [0.5, 0.6) is 0 Å². The second kappa shape index (κ2) is 10.1. The fraction of sp³-hybridized carbons (Fsp3) is 0.345. The molecular formula is C29H32FN3S. The molecule has 5 heteroatoms. The maximum Gasteiger partial charge on any atom is 0.166 e. The average molecular weight is 474 g/mol. The quantitative estimate of drug-likeness (QED) is 0.425. The lowest BCUT2D eigenvalue weighted by Gasteiger charge is -2.43. The Morgan fingerprint density at radius 1 is 0.912 bits per heavy atom. The summed E-state index contributed by atoms with van der Waals surface area (Å²) in [6.45, 7) is 5.73. The molecule has 3 nitrogen and oxygen atoms in total. The minimum Gasteiger partial charge on any atom is -0.371 e. The molecule has 0 bridgehead atoms. The Kier molecular flexibility index (Phi) is 6.82. The first-order valence-corrected chi connectivity index (χ1v) is 12.8. The van der Waals surface area contributed by atoms with Gasteiger partial charge in [-0.25, -0.2) is 4.39 Å². The van der Waals surface area contributed by atoms with Gasteiger partial charge in [0.25, 0.3) is 0 Å². The molecule has 0 saturated carbocycles. The van der Waals surface area contributed by atoms with E-state index in [0.717, 1.165) is 44.5 Å². The predicted molar refractivity (Wildman–Crippen MR) is 142 cm³/mol. The number of anilines is 1. The number of hydrogen-bond donors (Lipinski definition) is 2. The van der Waals surface area contributed by atoms with Crippen molar-refractivity contribution < 1.29 is 4.39 Å². The minimum absolute atomic E-state index is 0.166. The number of benzene rings is 3. The third-order valence-corrected chi connectivity index (χ3v) is 7.40. The molecule has 0 saturated heterocycles. The van der Waals surface area contributed by atoms with Crippen LogP contribution in [0.15, 0.2) is 66.7 Å². The maximum absolute atomic E-state index is 14.2. The fourth-order valence-corrected chi connectivity index (χ4v) is 5.72. The molecule has 2 aliphatic heterocycles. The molecule has 176 valence electrons. The Balaban J connectivity index is 1.57. The molecule has 0 fully saturated rings. The van der Waals surface area contributed by atoms with Gasteiger partial charge in [-0.1, -0.05) is 61.5 Å². The zero-order chi connectivity index (χ0) is 23.5. The summed E-state index contributed by atoms with van der Waals surface area (Å²) in [4.78, 5) is 2.55. The molecule has 2 unspecified atom stereocenters. The third-order valence-electron chi connectivity index (χ3n) is 7.11. The largest absolute Gasteiger partial charge is 0.371 e. The first-order valence-electron chi connectivity index (χ1n) is 12.4. The van der Waals surface area contributed by atoms with E-state index in [9.17, 15) is 4.39 Å². The van der Waals surface area contributed by atoms with Gasteiger partial charge in [0.2, 0.25) is 0 Å². The van der Waals surface area contributed by atoms with E-state index < -0.39 is 0 Å². The second-order valence-corrected chi connectivity index (χ2v) is 9.78. The highest BCUT2D eigenvalue weighted by Gasteiger charge is 2.35. The molecule has 0 aromatic heterocycles. The Labute approximate surface area is 207 Å². The number of nitrogens with zero attached hydrogens (tertiary/aromatic N) is 1. The van der Waals surface area contributed by atoms with Crippen LogP contribution in [0.1, 0.15) is 65.8 Å². The molecule has 0 spiro atoms. The monoisotopic (exact) mass is 473 g/mol. The molecule has 2 N–H and O–H groups in total. The van der Waals surface area contributed by atoms with Crippen molar-refractivity contribution in [3.8, 4) is 0 Å². The van der Waals surface area contributed by atoms with Crippen LogP contribution >= 0.6 is 12.2 Å². The first-order chi connectivity index (χ1) is 16.6. The molecule has 3 aromatic rings. The summed E-state index contributed by atoms with van der Waals surface area (Å²) in [5.74, 6) is 0.393. The molecule has 34 heavy (non-hydrogen) atoms. The summed E-state index contributed by atoms with van der Waals surface area (Å²) in [7, 11) is 0. The van der Waals surface area contributed by atoms with Gasteiger partial charge < -0.3 is 15.5 Å². The first kappa shape index (κ1) is 22.9. The Morgan fingerprint density at radius 3 is 2.26 bits per heavy atom. The molecule has 2 atom stereocenters. The van der Waals surface area contributed by atoms with Crippen molar-refractivity contribution in [3.05, 3.63) is 100 Å². The molecule has 5 rings (SSSR count). The van der Waals surface area contributed by atoms with Crippen molar-refractivity contribution in [1.82, 2.24) is 10.6 Å². The lowest BCUT2D eigenvalue weighted by molar-refractivity contribution is 0.566. The summed E-state index contributed by atoms with van der Waals surface area (Å²) in [6, 6.07) is 22.7. The lowest BCUT2D eigenvalue weighted by atomic mass is 9.76. The Bertz CT molecular complexity index is 1160. The van der Waals surface area contributed by atoms with Crippen LogP contribution in [0.4, 0.5) is 10.1 Å². The molecule has 0 aliphatic carbocycles.